The number of H-pyrrole nitrogens is 2. The summed E-state index contributed by atoms with van der Waals surface area (Å²) in [7, 11) is 0. The van der Waals surface area contributed by atoms with Gasteiger partial charge in [-0.15, -0.1) is 0 Å². The summed E-state index contributed by atoms with van der Waals surface area (Å²) in [6.07, 6.45) is 7.96. The maximum Gasteiger partial charge on any atom is 0.137 e. The van der Waals surface area contributed by atoms with E-state index in [4.69, 9.17) is 0 Å². The summed E-state index contributed by atoms with van der Waals surface area (Å²) in [6, 6.07) is 19.2. The number of hydrogen-bond donors (Lipinski definition) is 3. The van der Waals surface area contributed by atoms with Gasteiger partial charge in [0.25, 0.3) is 0 Å². The molecule has 0 aliphatic heterocycles. The van der Waals surface area contributed by atoms with Gasteiger partial charge in [0, 0.05) is 52.6 Å². The fourth-order valence-electron chi connectivity index (χ4n) is 3.47. The van der Waals surface area contributed by atoms with Gasteiger partial charge in [0.05, 0.1) is 0 Å². The van der Waals surface area contributed by atoms with Crippen molar-refractivity contribution >= 4 is 39.6 Å². The van der Waals surface area contributed by atoms with Crippen LogP contribution in [0, 0.1) is 0 Å². The molecule has 0 radical (unpaired) electrons. The summed E-state index contributed by atoms with van der Waals surface area (Å²) < 4.78 is 3.25. The molecule has 0 spiro atoms. The Hall–Kier alpha value is -3.18. The number of pyridine rings is 1. The van der Waals surface area contributed by atoms with Gasteiger partial charge in [-0.25, -0.2) is 4.98 Å². The van der Waals surface area contributed by atoms with Gasteiger partial charge in [0.1, 0.15) is 5.65 Å². The van der Waals surface area contributed by atoms with Crippen LogP contribution in [-0.4, -0.2) is 21.2 Å². The predicted octanol–water partition coefficient (Wildman–Crippen LogP) is 6.07. The molecule has 4 nitrogen and oxygen atoms in total. The van der Waals surface area contributed by atoms with E-state index in [1.807, 2.05) is 24.8 Å². The molecule has 2 aromatic carbocycles. The molecule has 0 unspecified atom stereocenters. The Morgan fingerprint density at radius 1 is 0.889 bits per heavy atom. The van der Waals surface area contributed by atoms with Crippen molar-refractivity contribution < 1.29 is 0 Å². The van der Waals surface area contributed by atoms with E-state index in [0.717, 1.165) is 33.4 Å². The Balaban J connectivity index is 1.59. The van der Waals surface area contributed by atoms with Crippen molar-refractivity contribution in [1.82, 2.24) is 15.0 Å². The highest BCUT2D eigenvalue weighted by Gasteiger charge is 2.10. The molecule has 0 saturated heterocycles. The van der Waals surface area contributed by atoms with Gasteiger partial charge in [0.2, 0.25) is 0 Å². The van der Waals surface area contributed by atoms with Crippen LogP contribution < -0.4 is 4.72 Å². The number of fused-ring (bicyclic) bond motifs is 2. The minimum Gasteiger partial charge on any atom is -0.361 e. The van der Waals surface area contributed by atoms with Crippen molar-refractivity contribution in [3.63, 3.8) is 0 Å². The van der Waals surface area contributed by atoms with Crippen molar-refractivity contribution in [3.8, 4) is 22.3 Å². The molecule has 5 aromatic rings. The standard InChI is InChI=1S/C22H18N4S/c1-27-26-18-5-2-14(3-6-18)17-11-19-20(13-25-22(19)24-12-17)15-4-7-21-16(10-15)8-9-23-21/h2-13,23,26H,1H3,(H,24,25). The summed E-state index contributed by atoms with van der Waals surface area (Å²) in [4.78, 5) is 11.2. The van der Waals surface area contributed by atoms with Gasteiger partial charge in [-0.2, -0.15) is 0 Å². The molecule has 27 heavy (non-hydrogen) atoms. The molecule has 0 aliphatic rings. The minimum absolute atomic E-state index is 0.906. The smallest absolute Gasteiger partial charge is 0.137 e. The number of benzene rings is 2. The highest BCUT2D eigenvalue weighted by molar-refractivity contribution is 7.99. The maximum atomic E-state index is 4.63. The van der Waals surface area contributed by atoms with Crippen LogP contribution in [0.1, 0.15) is 0 Å². The third-order valence-corrected chi connectivity index (χ3v) is 5.27. The highest BCUT2D eigenvalue weighted by Crippen LogP contribution is 2.32. The number of nitrogens with zero attached hydrogens (tertiary/aromatic N) is 1. The molecule has 0 amide bonds. The Labute approximate surface area is 161 Å². The van der Waals surface area contributed by atoms with Crippen molar-refractivity contribution in [2.45, 2.75) is 0 Å². The third kappa shape index (κ3) is 2.86. The first kappa shape index (κ1) is 16.0. The Morgan fingerprint density at radius 3 is 2.59 bits per heavy atom. The van der Waals surface area contributed by atoms with E-state index in [0.29, 0.717) is 0 Å². The first-order valence-electron chi connectivity index (χ1n) is 8.76. The summed E-state index contributed by atoms with van der Waals surface area (Å²) in [5.74, 6) is 0. The van der Waals surface area contributed by atoms with Gasteiger partial charge < -0.3 is 14.7 Å². The first-order chi connectivity index (χ1) is 13.3. The Kier molecular flexibility index (Phi) is 3.87. The van der Waals surface area contributed by atoms with Crippen LogP contribution in [0.2, 0.25) is 0 Å². The van der Waals surface area contributed by atoms with Crippen LogP contribution in [0.25, 0.3) is 44.2 Å². The minimum atomic E-state index is 0.906. The van der Waals surface area contributed by atoms with Crippen LogP contribution in [-0.2, 0) is 0 Å². The average Bonchev–Trinajstić information content (AvgIpc) is 3.34. The molecule has 132 valence electrons. The predicted molar refractivity (Wildman–Crippen MR) is 116 cm³/mol. The van der Waals surface area contributed by atoms with Gasteiger partial charge in [-0.05, 0) is 52.9 Å². The fourth-order valence-corrected chi connectivity index (χ4v) is 3.84. The zero-order valence-corrected chi connectivity index (χ0v) is 15.6. The molecule has 0 saturated carbocycles. The van der Waals surface area contributed by atoms with Crippen LogP contribution in [0.5, 0.6) is 0 Å². The fraction of sp³-hybridized carbons (Fsp3) is 0.0455. The van der Waals surface area contributed by atoms with E-state index < -0.39 is 0 Å². The number of nitrogens with one attached hydrogen (secondary N) is 3. The summed E-state index contributed by atoms with van der Waals surface area (Å²) in [5.41, 5.74) is 7.78. The molecule has 0 aliphatic carbocycles. The molecule has 3 aromatic heterocycles. The second-order valence-corrected chi connectivity index (χ2v) is 7.10. The largest absolute Gasteiger partial charge is 0.361 e. The monoisotopic (exact) mass is 370 g/mol. The highest BCUT2D eigenvalue weighted by atomic mass is 32.2. The van der Waals surface area contributed by atoms with Crippen molar-refractivity contribution in [3.05, 3.63) is 73.2 Å². The van der Waals surface area contributed by atoms with Crippen LogP contribution in [0.3, 0.4) is 0 Å². The zero-order valence-electron chi connectivity index (χ0n) is 14.8. The molecule has 5 rings (SSSR count). The zero-order chi connectivity index (χ0) is 18.2. The van der Waals surface area contributed by atoms with E-state index in [1.54, 1.807) is 11.9 Å². The molecule has 0 bridgehead atoms. The normalized spacial score (nSPS) is 11.3. The molecule has 3 N–H and O–H groups in total. The lowest BCUT2D eigenvalue weighted by Crippen LogP contribution is -1.86. The molecule has 0 fully saturated rings. The molecule has 3 heterocycles. The van der Waals surface area contributed by atoms with Crippen LogP contribution in [0.4, 0.5) is 5.69 Å². The van der Waals surface area contributed by atoms with Crippen LogP contribution in [0.15, 0.2) is 73.2 Å². The van der Waals surface area contributed by atoms with E-state index in [1.165, 1.54) is 16.5 Å². The SMILES string of the molecule is CSNc1ccc(-c2cnc3[nH]cc(-c4ccc5[nH]ccc5c4)c3c2)cc1. The lowest BCUT2D eigenvalue weighted by Gasteiger charge is -2.06. The maximum absolute atomic E-state index is 4.63. The average molecular weight is 370 g/mol. The van der Waals surface area contributed by atoms with Crippen LogP contribution >= 0.6 is 11.9 Å². The lowest BCUT2D eigenvalue weighted by atomic mass is 10.0. The number of hydrogen-bond acceptors (Lipinski definition) is 3. The Bertz CT molecular complexity index is 1230. The second kappa shape index (κ2) is 6.52. The van der Waals surface area contributed by atoms with Gasteiger partial charge >= 0.3 is 0 Å². The van der Waals surface area contributed by atoms with Crippen molar-refractivity contribution in [2.75, 3.05) is 11.0 Å². The quantitative estimate of drug-likeness (QED) is 0.337. The number of anilines is 1. The summed E-state index contributed by atoms with van der Waals surface area (Å²) in [6.45, 7) is 0. The van der Waals surface area contributed by atoms with Crippen molar-refractivity contribution in [1.29, 1.82) is 0 Å². The van der Waals surface area contributed by atoms with E-state index in [9.17, 15) is 0 Å². The summed E-state index contributed by atoms with van der Waals surface area (Å²) in [5, 5.41) is 2.34. The summed E-state index contributed by atoms with van der Waals surface area (Å²) >= 11 is 1.59. The van der Waals surface area contributed by atoms with E-state index >= 15 is 0 Å². The van der Waals surface area contributed by atoms with Gasteiger partial charge in [-0.3, -0.25) is 0 Å². The first-order valence-corrected chi connectivity index (χ1v) is 9.98. The number of aromatic amines is 2. The topological polar surface area (TPSA) is 56.5 Å². The lowest BCUT2D eigenvalue weighted by molar-refractivity contribution is 1.33. The number of rotatable bonds is 4. The van der Waals surface area contributed by atoms with Gasteiger partial charge in [0.15, 0.2) is 0 Å². The van der Waals surface area contributed by atoms with Crippen molar-refractivity contribution in [2.24, 2.45) is 0 Å². The number of aromatic nitrogens is 3. The Morgan fingerprint density at radius 2 is 1.74 bits per heavy atom. The molecular weight excluding hydrogens is 352 g/mol. The third-order valence-electron chi connectivity index (χ3n) is 4.83. The van der Waals surface area contributed by atoms with Gasteiger partial charge in [-0.1, -0.05) is 30.1 Å². The molecule has 5 heteroatoms. The molecular formula is C22H18N4S. The second-order valence-electron chi connectivity index (χ2n) is 6.49. The van der Waals surface area contributed by atoms with E-state index in [-0.39, 0.29) is 0 Å². The van der Waals surface area contributed by atoms with E-state index in [2.05, 4.69) is 74.3 Å². The molecule has 0 atom stereocenters.